The van der Waals surface area contributed by atoms with Crippen LogP contribution in [0.1, 0.15) is 22.7 Å². The zero-order valence-corrected chi connectivity index (χ0v) is 10.9. The molecule has 0 aromatic carbocycles. The molecule has 0 saturated heterocycles. The number of nitrogens with one attached hydrogen (secondary N) is 1. The lowest BCUT2D eigenvalue weighted by molar-refractivity contribution is 0.305. The fraction of sp³-hybridized carbons (Fsp3) is 0.455. The molecule has 90 valence electrons. The Kier molecular flexibility index (Phi) is 3.35. The summed E-state index contributed by atoms with van der Waals surface area (Å²) in [6.07, 6.45) is 2.58. The predicted molar refractivity (Wildman–Crippen MR) is 68.4 cm³/mol. The van der Waals surface area contributed by atoms with Gasteiger partial charge in [0.05, 0.1) is 6.54 Å². The predicted octanol–water partition coefficient (Wildman–Crippen LogP) is 2.43. The number of hydrogen-bond donors (Lipinski definition) is 1. The van der Waals surface area contributed by atoms with Gasteiger partial charge >= 0.3 is 0 Å². The zero-order chi connectivity index (χ0) is 11.5. The van der Waals surface area contributed by atoms with Crippen molar-refractivity contribution in [2.45, 2.75) is 32.0 Å². The summed E-state index contributed by atoms with van der Waals surface area (Å²) in [5.74, 6) is 0. The van der Waals surface area contributed by atoms with E-state index in [9.17, 15) is 0 Å². The third-order valence-electron chi connectivity index (χ3n) is 2.49. The fourth-order valence-corrected chi connectivity index (χ4v) is 2.67. The van der Waals surface area contributed by atoms with Gasteiger partial charge in [0.15, 0.2) is 0 Å². The highest BCUT2D eigenvalue weighted by atomic mass is 32.1. The Balaban J connectivity index is 1.49. The van der Waals surface area contributed by atoms with Crippen molar-refractivity contribution >= 4 is 22.7 Å². The highest BCUT2D eigenvalue weighted by Gasteiger charge is 2.20. The normalized spacial score (nSPS) is 15.1. The minimum atomic E-state index is 0.586. The molecule has 2 heterocycles. The van der Waals surface area contributed by atoms with Crippen molar-refractivity contribution < 1.29 is 4.74 Å². The molecule has 0 spiro atoms. The maximum atomic E-state index is 5.58. The molecule has 2 aromatic heterocycles. The molecule has 17 heavy (non-hydrogen) atoms. The van der Waals surface area contributed by atoms with Crippen LogP contribution in [0, 0.1) is 0 Å². The van der Waals surface area contributed by atoms with Gasteiger partial charge in [0.25, 0.3) is 5.19 Å². The van der Waals surface area contributed by atoms with E-state index in [1.165, 1.54) is 29.1 Å². The number of nitrogens with zero attached hydrogens (tertiary/aromatic N) is 2. The second-order valence-corrected chi connectivity index (χ2v) is 6.04. The summed E-state index contributed by atoms with van der Waals surface area (Å²) in [6.45, 7) is 1.40. The van der Waals surface area contributed by atoms with Crippen molar-refractivity contribution in [3.63, 3.8) is 0 Å². The largest absolute Gasteiger partial charge is 0.463 e. The number of aromatic nitrogens is 2. The Morgan fingerprint density at radius 2 is 2.35 bits per heavy atom. The van der Waals surface area contributed by atoms with Crippen LogP contribution in [0.4, 0.5) is 0 Å². The first kappa shape index (κ1) is 11.1. The standard InChI is InChI=1S/C11H13N3OS2/c1-2-9(16-5-1)7-15-11-14-13-10(17-11)6-12-8-3-4-8/h1-2,5,8,12H,3-4,6-7H2. The monoisotopic (exact) mass is 267 g/mol. The van der Waals surface area contributed by atoms with Gasteiger partial charge in [-0.05, 0) is 24.3 Å². The molecule has 2 aromatic rings. The first-order chi connectivity index (χ1) is 8.40. The second-order valence-electron chi connectivity index (χ2n) is 3.98. The highest BCUT2D eigenvalue weighted by Crippen LogP contribution is 2.22. The van der Waals surface area contributed by atoms with Crippen molar-refractivity contribution in [1.29, 1.82) is 0 Å². The van der Waals surface area contributed by atoms with Crippen LogP contribution in [0.3, 0.4) is 0 Å². The van der Waals surface area contributed by atoms with Crippen LogP contribution in [-0.2, 0) is 13.2 Å². The van der Waals surface area contributed by atoms with Crippen molar-refractivity contribution in [3.05, 3.63) is 27.4 Å². The average molecular weight is 267 g/mol. The van der Waals surface area contributed by atoms with Crippen LogP contribution in [0.2, 0.25) is 0 Å². The summed E-state index contributed by atoms with van der Waals surface area (Å²) in [5.41, 5.74) is 0. The first-order valence-corrected chi connectivity index (χ1v) is 7.31. The van der Waals surface area contributed by atoms with Crippen LogP contribution in [0.15, 0.2) is 17.5 Å². The molecule has 0 unspecified atom stereocenters. The third kappa shape index (κ3) is 3.24. The Bertz CT molecular complexity index is 465. The van der Waals surface area contributed by atoms with Gasteiger partial charge in [0, 0.05) is 10.9 Å². The Labute approximate surface area is 108 Å². The zero-order valence-electron chi connectivity index (χ0n) is 9.26. The highest BCUT2D eigenvalue weighted by molar-refractivity contribution is 7.13. The van der Waals surface area contributed by atoms with Crippen LogP contribution < -0.4 is 10.1 Å². The van der Waals surface area contributed by atoms with Gasteiger partial charge in [-0.25, -0.2) is 0 Å². The van der Waals surface area contributed by atoms with Gasteiger partial charge in [0.2, 0.25) is 0 Å². The lowest BCUT2D eigenvalue weighted by Gasteiger charge is -1.98. The van der Waals surface area contributed by atoms with Crippen molar-refractivity contribution in [2.75, 3.05) is 0 Å². The minimum absolute atomic E-state index is 0.586. The van der Waals surface area contributed by atoms with E-state index in [1.54, 1.807) is 11.3 Å². The number of rotatable bonds is 6. The lowest BCUT2D eigenvalue weighted by Crippen LogP contribution is -2.14. The molecule has 0 aliphatic heterocycles. The topological polar surface area (TPSA) is 47.0 Å². The summed E-state index contributed by atoms with van der Waals surface area (Å²) >= 11 is 3.21. The summed E-state index contributed by atoms with van der Waals surface area (Å²) in [5, 5.41) is 15.2. The van der Waals surface area contributed by atoms with Gasteiger partial charge in [-0.2, -0.15) is 0 Å². The number of ether oxygens (including phenoxy) is 1. The van der Waals surface area contributed by atoms with E-state index in [4.69, 9.17) is 4.74 Å². The van der Waals surface area contributed by atoms with Crippen LogP contribution in [-0.4, -0.2) is 16.2 Å². The molecule has 0 radical (unpaired) electrons. The van der Waals surface area contributed by atoms with Crippen LogP contribution in [0.25, 0.3) is 0 Å². The smallest absolute Gasteiger partial charge is 0.294 e. The van der Waals surface area contributed by atoms with Crippen molar-refractivity contribution in [2.24, 2.45) is 0 Å². The SMILES string of the molecule is c1csc(COc2nnc(CNC3CC3)s2)c1. The van der Waals surface area contributed by atoms with Crippen molar-refractivity contribution in [1.82, 2.24) is 15.5 Å². The van der Waals surface area contributed by atoms with E-state index >= 15 is 0 Å². The molecular weight excluding hydrogens is 254 g/mol. The molecule has 4 nitrogen and oxygen atoms in total. The second kappa shape index (κ2) is 5.12. The number of hydrogen-bond acceptors (Lipinski definition) is 6. The first-order valence-electron chi connectivity index (χ1n) is 5.61. The molecule has 0 atom stereocenters. The van der Waals surface area contributed by atoms with Crippen LogP contribution >= 0.6 is 22.7 Å². The van der Waals surface area contributed by atoms with Gasteiger partial charge in [-0.3, -0.25) is 0 Å². The third-order valence-corrected chi connectivity index (χ3v) is 4.17. The summed E-state index contributed by atoms with van der Waals surface area (Å²) in [4.78, 5) is 1.21. The molecular formula is C11H13N3OS2. The molecule has 1 aliphatic carbocycles. The maximum Gasteiger partial charge on any atom is 0.294 e. The minimum Gasteiger partial charge on any atom is -0.463 e. The van der Waals surface area contributed by atoms with E-state index in [2.05, 4.69) is 21.6 Å². The molecule has 1 N–H and O–H groups in total. The lowest BCUT2D eigenvalue weighted by atomic mass is 10.5. The van der Waals surface area contributed by atoms with E-state index in [0.29, 0.717) is 17.8 Å². The molecule has 0 amide bonds. The molecule has 3 rings (SSSR count). The maximum absolute atomic E-state index is 5.58. The van der Waals surface area contributed by atoms with Crippen molar-refractivity contribution in [3.8, 4) is 5.19 Å². The molecule has 1 aliphatic rings. The molecule has 1 fully saturated rings. The summed E-state index contributed by atoms with van der Waals surface area (Å²) in [7, 11) is 0. The van der Waals surface area contributed by atoms with E-state index in [-0.39, 0.29) is 0 Å². The Hall–Kier alpha value is -0.980. The average Bonchev–Trinajstić information content (AvgIpc) is 2.86. The van der Waals surface area contributed by atoms with E-state index in [1.807, 2.05) is 11.4 Å². The van der Waals surface area contributed by atoms with Crippen LogP contribution in [0.5, 0.6) is 5.19 Å². The molecule has 1 saturated carbocycles. The Morgan fingerprint density at radius 3 is 3.12 bits per heavy atom. The van der Waals surface area contributed by atoms with Gasteiger partial charge in [-0.1, -0.05) is 22.5 Å². The van der Waals surface area contributed by atoms with Gasteiger partial charge in [-0.15, -0.1) is 16.4 Å². The quantitative estimate of drug-likeness (QED) is 0.873. The number of thiophene rings is 1. The van der Waals surface area contributed by atoms with E-state index in [0.717, 1.165) is 11.6 Å². The molecule has 0 bridgehead atoms. The summed E-state index contributed by atoms with van der Waals surface area (Å²) in [6, 6.07) is 4.78. The Morgan fingerprint density at radius 1 is 1.41 bits per heavy atom. The summed E-state index contributed by atoms with van der Waals surface area (Å²) < 4.78 is 5.58. The van der Waals surface area contributed by atoms with E-state index < -0.39 is 0 Å². The molecule has 6 heteroatoms. The van der Waals surface area contributed by atoms with Gasteiger partial charge < -0.3 is 10.1 Å². The van der Waals surface area contributed by atoms with Gasteiger partial charge in [0.1, 0.15) is 11.6 Å². The fourth-order valence-electron chi connectivity index (χ4n) is 1.41.